The number of anilines is 1. The first-order valence-corrected chi connectivity index (χ1v) is 9.81. The van der Waals surface area contributed by atoms with Crippen molar-refractivity contribution in [1.82, 2.24) is 15.3 Å². The number of carbonyl (C=O) groups is 3. The largest absolute Gasteiger partial charge is 0.369 e. The van der Waals surface area contributed by atoms with Crippen molar-refractivity contribution < 1.29 is 23.2 Å². The van der Waals surface area contributed by atoms with Crippen LogP contribution in [-0.2, 0) is 9.59 Å². The van der Waals surface area contributed by atoms with E-state index in [0.29, 0.717) is 37.8 Å². The van der Waals surface area contributed by atoms with Gasteiger partial charge in [-0.25, -0.2) is 18.7 Å². The Bertz CT molecular complexity index is 965. The van der Waals surface area contributed by atoms with E-state index in [1.807, 2.05) is 0 Å². The van der Waals surface area contributed by atoms with E-state index in [1.54, 1.807) is 12.4 Å². The second kappa shape index (κ2) is 8.25. The topological polar surface area (TPSA) is 92.3 Å². The van der Waals surface area contributed by atoms with Gasteiger partial charge >= 0.3 is 0 Å². The molecule has 2 fully saturated rings. The Kier molecular flexibility index (Phi) is 5.52. The second-order valence-electron chi connectivity index (χ2n) is 7.58. The number of halogens is 2. The number of aldehydes is 1. The smallest absolute Gasteiger partial charge is 0.234 e. The molecule has 3 heterocycles. The van der Waals surface area contributed by atoms with Gasteiger partial charge in [0.1, 0.15) is 11.6 Å². The van der Waals surface area contributed by atoms with E-state index >= 15 is 0 Å². The summed E-state index contributed by atoms with van der Waals surface area (Å²) in [6, 6.07) is 2.62. The molecule has 4 rings (SSSR count). The van der Waals surface area contributed by atoms with Gasteiger partial charge in [-0.15, -0.1) is 0 Å². The number of carbonyl (C=O) groups excluding carboxylic acids is 3. The van der Waals surface area contributed by atoms with Crippen LogP contribution in [0.25, 0.3) is 0 Å². The third-order valence-electron chi connectivity index (χ3n) is 5.78. The van der Waals surface area contributed by atoms with Gasteiger partial charge in [0.15, 0.2) is 12.1 Å². The van der Waals surface area contributed by atoms with Crippen molar-refractivity contribution in [3.8, 4) is 0 Å². The first kappa shape index (κ1) is 20.1. The molecule has 1 unspecified atom stereocenters. The minimum Gasteiger partial charge on any atom is -0.369 e. The van der Waals surface area contributed by atoms with Crippen molar-refractivity contribution in [1.29, 1.82) is 0 Å². The van der Waals surface area contributed by atoms with E-state index in [2.05, 4.69) is 20.2 Å². The highest BCUT2D eigenvalue weighted by Crippen LogP contribution is 2.35. The normalized spacial score (nSPS) is 20.2. The van der Waals surface area contributed by atoms with E-state index in [4.69, 9.17) is 0 Å². The zero-order chi connectivity index (χ0) is 21.3. The van der Waals surface area contributed by atoms with Crippen LogP contribution in [0.4, 0.5) is 14.5 Å². The SMILES string of the molecule is O=Cc1ncc(N2CCC(c3cc(F)c(C4CCC(=O)NC4=O)c(F)c3)CC2)cn1. The van der Waals surface area contributed by atoms with Crippen LogP contribution in [0.5, 0.6) is 0 Å². The minimum absolute atomic E-state index is 0.0174. The lowest BCUT2D eigenvalue weighted by Crippen LogP contribution is -2.40. The Morgan fingerprint density at radius 1 is 1.03 bits per heavy atom. The second-order valence-corrected chi connectivity index (χ2v) is 7.58. The molecule has 1 aromatic heterocycles. The average molecular weight is 414 g/mol. The molecule has 7 nitrogen and oxygen atoms in total. The monoisotopic (exact) mass is 414 g/mol. The van der Waals surface area contributed by atoms with Crippen LogP contribution >= 0.6 is 0 Å². The lowest BCUT2D eigenvalue weighted by Gasteiger charge is -2.33. The molecule has 156 valence electrons. The zero-order valence-corrected chi connectivity index (χ0v) is 16.1. The first-order chi connectivity index (χ1) is 14.5. The Morgan fingerprint density at radius 2 is 1.67 bits per heavy atom. The van der Waals surface area contributed by atoms with Gasteiger partial charge in [-0.1, -0.05) is 0 Å². The Morgan fingerprint density at radius 3 is 2.23 bits per heavy atom. The molecule has 1 N–H and O–H groups in total. The van der Waals surface area contributed by atoms with Crippen LogP contribution < -0.4 is 10.2 Å². The highest BCUT2D eigenvalue weighted by Gasteiger charge is 2.33. The van der Waals surface area contributed by atoms with Crippen LogP contribution in [0.15, 0.2) is 24.5 Å². The molecule has 0 saturated carbocycles. The average Bonchev–Trinajstić information content (AvgIpc) is 2.75. The van der Waals surface area contributed by atoms with Crippen LogP contribution in [0.2, 0.25) is 0 Å². The number of rotatable bonds is 4. The molecule has 2 saturated heterocycles. The summed E-state index contributed by atoms with van der Waals surface area (Å²) in [6.45, 7) is 1.32. The molecular formula is C21H20F2N4O3. The molecule has 2 amide bonds. The van der Waals surface area contributed by atoms with Crippen molar-refractivity contribution in [3.05, 3.63) is 53.1 Å². The number of imide groups is 1. The zero-order valence-electron chi connectivity index (χ0n) is 16.1. The van der Waals surface area contributed by atoms with Gasteiger partial charge in [0.05, 0.1) is 24.0 Å². The van der Waals surface area contributed by atoms with Crippen molar-refractivity contribution in [3.63, 3.8) is 0 Å². The van der Waals surface area contributed by atoms with E-state index in [-0.39, 0.29) is 30.1 Å². The molecule has 1 atom stereocenters. The summed E-state index contributed by atoms with van der Waals surface area (Å²) < 4.78 is 29.5. The molecule has 9 heteroatoms. The minimum atomic E-state index is -0.993. The number of piperidine rings is 2. The Balaban J connectivity index is 1.47. The molecule has 1 aromatic carbocycles. The van der Waals surface area contributed by atoms with Gasteiger partial charge in [-0.05, 0) is 42.9 Å². The number of hydrogen-bond acceptors (Lipinski definition) is 6. The molecule has 0 radical (unpaired) electrons. The summed E-state index contributed by atoms with van der Waals surface area (Å²) in [5.41, 5.74) is 1.09. The van der Waals surface area contributed by atoms with E-state index in [9.17, 15) is 23.2 Å². The van der Waals surface area contributed by atoms with Crippen molar-refractivity contribution in [2.45, 2.75) is 37.5 Å². The molecule has 2 aliphatic rings. The lowest BCUT2D eigenvalue weighted by molar-refractivity contribution is -0.134. The molecule has 0 bridgehead atoms. The van der Waals surface area contributed by atoms with E-state index in [0.717, 1.165) is 5.69 Å². The summed E-state index contributed by atoms with van der Waals surface area (Å²) in [4.78, 5) is 44.0. The predicted molar refractivity (Wildman–Crippen MR) is 103 cm³/mol. The Hall–Kier alpha value is -3.23. The molecule has 0 spiro atoms. The number of benzene rings is 1. The van der Waals surface area contributed by atoms with Crippen molar-refractivity contribution in [2.24, 2.45) is 0 Å². The van der Waals surface area contributed by atoms with Gasteiger partial charge in [0.2, 0.25) is 11.8 Å². The molecule has 0 aliphatic carbocycles. The summed E-state index contributed by atoms with van der Waals surface area (Å²) in [6.07, 6.45) is 5.29. The van der Waals surface area contributed by atoms with Crippen molar-refractivity contribution >= 4 is 23.8 Å². The van der Waals surface area contributed by atoms with Crippen LogP contribution in [-0.4, -0.2) is 41.2 Å². The highest BCUT2D eigenvalue weighted by atomic mass is 19.1. The maximum atomic E-state index is 14.8. The van der Waals surface area contributed by atoms with Gasteiger partial charge in [0, 0.05) is 25.1 Å². The van der Waals surface area contributed by atoms with Crippen LogP contribution in [0.1, 0.15) is 59.3 Å². The third kappa shape index (κ3) is 3.92. The van der Waals surface area contributed by atoms with E-state index < -0.39 is 29.4 Å². The lowest BCUT2D eigenvalue weighted by atomic mass is 9.85. The first-order valence-electron chi connectivity index (χ1n) is 9.81. The number of amides is 2. The van der Waals surface area contributed by atoms with Gasteiger partial charge < -0.3 is 4.90 Å². The highest BCUT2D eigenvalue weighted by molar-refractivity contribution is 6.01. The van der Waals surface area contributed by atoms with Crippen molar-refractivity contribution in [2.75, 3.05) is 18.0 Å². The predicted octanol–water partition coefficient (Wildman–Crippen LogP) is 2.47. The summed E-state index contributed by atoms with van der Waals surface area (Å²) in [7, 11) is 0. The molecular weight excluding hydrogens is 394 g/mol. The Labute approximate surface area is 171 Å². The molecule has 2 aromatic rings. The maximum Gasteiger partial charge on any atom is 0.234 e. The van der Waals surface area contributed by atoms with Gasteiger partial charge in [0.25, 0.3) is 0 Å². The summed E-state index contributed by atoms with van der Waals surface area (Å²) in [5, 5.41) is 2.14. The van der Waals surface area contributed by atoms with Crippen LogP contribution in [0, 0.1) is 11.6 Å². The standard InChI is InChI=1S/C21H20F2N4O3/c22-16-7-13(8-17(23)20(16)15-1-2-19(29)26-21(15)30)12-3-5-27(6-4-12)14-9-24-18(11-28)25-10-14/h7-12,15H,1-6H2,(H,26,29,30). The fraction of sp³-hybridized carbons (Fsp3) is 0.381. The van der Waals surface area contributed by atoms with Gasteiger partial charge in [-0.3, -0.25) is 19.7 Å². The van der Waals surface area contributed by atoms with Gasteiger partial charge in [-0.2, -0.15) is 0 Å². The number of nitrogens with one attached hydrogen (secondary N) is 1. The fourth-order valence-corrected chi connectivity index (χ4v) is 4.17. The maximum absolute atomic E-state index is 14.8. The summed E-state index contributed by atoms with van der Waals surface area (Å²) in [5.74, 6) is -3.47. The number of nitrogens with zero attached hydrogens (tertiary/aromatic N) is 3. The molecule has 2 aliphatic heterocycles. The summed E-state index contributed by atoms with van der Waals surface area (Å²) >= 11 is 0. The molecule has 30 heavy (non-hydrogen) atoms. The third-order valence-corrected chi connectivity index (χ3v) is 5.78. The number of aromatic nitrogens is 2. The fourth-order valence-electron chi connectivity index (χ4n) is 4.17. The number of hydrogen-bond donors (Lipinski definition) is 1. The van der Waals surface area contributed by atoms with E-state index in [1.165, 1.54) is 12.1 Å². The quantitative estimate of drug-likeness (QED) is 0.610. The van der Waals surface area contributed by atoms with Crippen LogP contribution in [0.3, 0.4) is 0 Å².